The number of hydrogen-bond acceptors (Lipinski definition) is 1. The fourth-order valence-electron chi connectivity index (χ4n) is 1.27. The number of rotatable bonds is 4. The van der Waals surface area contributed by atoms with E-state index in [1.807, 2.05) is 0 Å². The van der Waals surface area contributed by atoms with Crippen molar-refractivity contribution in [3.05, 3.63) is 23.8 Å². The molecule has 0 bridgehead atoms. The summed E-state index contributed by atoms with van der Waals surface area (Å²) in [5.74, 6) is 0. The third kappa shape index (κ3) is 3.38. The SMILES string of the molecule is COCCCC1=CCCC=C1. The first-order chi connectivity index (χ1) is 5.43. The Hall–Kier alpha value is -0.560. The van der Waals surface area contributed by atoms with E-state index in [2.05, 4.69) is 18.2 Å². The molecule has 0 atom stereocenters. The van der Waals surface area contributed by atoms with Crippen molar-refractivity contribution in [2.75, 3.05) is 13.7 Å². The molecule has 11 heavy (non-hydrogen) atoms. The van der Waals surface area contributed by atoms with Gasteiger partial charge in [0.05, 0.1) is 0 Å². The Kier molecular flexibility index (Phi) is 3.99. The van der Waals surface area contributed by atoms with Crippen LogP contribution < -0.4 is 0 Å². The number of hydrogen-bond donors (Lipinski definition) is 0. The van der Waals surface area contributed by atoms with Crippen LogP contribution in [0.4, 0.5) is 0 Å². The van der Waals surface area contributed by atoms with E-state index in [1.165, 1.54) is 24.8 Å². The van der Waals surface area contributed by atoms with E-state index < -0.39 is 0 Å². The molecular formula is C10H16O. The zero-order chi connectivity index (χ0) is 7.94. The van der Waals surface area contributed by atoms with E-state index in [4.69, 9.17) is 4.74 Å². The lowest BCUT2D eigenvalue weighted by atomic mass is 10.0. The highest BCUT2D eigenvalue weighted by Crippen LogP contribution is 2.14. The maximum atomic E-state index is 4.98. The van der Waals surface area contributed by atoms with Crippen LogP contribution in [0, 0.1) is 0 Å². The van der Waals surface area contributed by atoms with Gasteiger partial charge in [-0.2, -0.15) is 0 Å². The largest absolute Gasteiger partial charge is 0.385 e. The molecule has 0 spiro atoms. The lowest BCUT2D eigenvalue weighted by Crippen LogP contribution is -1.91. The van der Waals surface area contributed by atoms with Gasteiger partial charge in [0.25, 0.3) is 0 Å². The predicted molar refractivity (Wildman–Crippen MR) is 47.6 cm³/mol. The van der Waals surface area contributed by atoms with E-state index in [-0.39, 0.29) is 0 Å². The molecule has 0 radical (unpaired) electrons. The van der Waals surface area contributed by atoms with Gasteiger partial charge in [0.1, 0.15) is 0 Å². The lowest BCUT2D eigenvalue weighted by Gasteiger charge is -2.05. The highest BCUT2D eigenvalue weighted by Gasteiger charge is 1.96. The Morgan fingerprint density at radius 2 is 2.36 bits per heavy atom. The van der Waals surface area contributed by atoms with Crippen molar-refractivity contribution in [3.8, 4) is 0 Å². The van der Waals surface area contributed by atoms with Gasteiger partial charge < -0.3 is 4.74 Å². The van der Waals surface area contributed by atoms with Crippen LogP contribution in [-0.4, -0.2) is 13.7 Å². The van der Waals surface area contributed by atoms with Crippen LogP contribution in [0.15, 0.2) is 23.8 Å². The van der Waals surface area contributed by atoms with Crippen molar-refractivity contribution in [1.82, 2.24) is 0 Å². The fraction of sp³-hybridized carbons (Fsp3) is 0.600. The van der Waals surface area contributed by atoms with Gasteiger partial charge in [-0.05, 0) is 25.7 Å². The van der Waals surface area contributed by atoms with Crippen LogP contribution in [0.2, 0.25) is 0 Å². The Morgan fingerprint density at radius 1 is 1.45 bits per heavy atom. The quantitative estimate of drug-likeness (QED) is 0.563. The molecule has 1 heteroatoms. The Balaban J connectivity index is 2.15. The molecule has 0 aromatic rings. The van der Waals surface area contributed by atoms with Crippen LogP contribution in [0.5, 0.6) is 0 Å². The molecule has 0 N–H and O–H groups in total. The average molecular weight is 152 g/mol. The maximum absolute atomic E-state index is 4.98. The second kappa shape index (κ2) is 5.14. The second-order valence-electron chi connectivity index (χ2n) is 2.86. The van der Waals surface area contributed by atoms with Gasteiger partial charge in [-0.15, -0.1) is 0 Å². The molecule has 0 saturated carbocycles. The van der Waals surface area contributed by atoms with Gasteiger partial charge in [-0.3, -0.25) is 0 Å². The van der Waals surface area contributed by atoms with Crippen LogP contribution in [0.25, 0.3) is 0 Å². The van der Waals surface area contributed by atoms with Crippen molar-refractivity contribution in [2.45, 2.75) is 25.7 Å². The molecule has 0 saturated heterocycles. The molecule has 1 aliphatic rings. The molecule has 1 nitrogen and oxygen atoms in total. The second-order valence-corrected chi connectivity index (χ2v) is 2.86. The summed E-state index contributed by atoms with van der Waals surface area (Å²) in [6.45, 7) is 0.880. The van der Waals surface area contributed by atoms with Crippen LogP contribution in [0.1, 0.15) is 25.7 Å². The van der Waals surface area contributed by atoms with Crippen molar-refractivity contribution in [2.24, 2.45) is 0 Å². The first-order valence-corrected chi connectivity index (χ1v) is 4.28. The molecular weight excluding hydrogens is 136 g/mol. The lowest BCUT2D eigenvalue weighted by molar-refractivity contribution is 0.195. The van der Waals surface area contributed by atoms with Crippen LogP contribution in [0.3, 0.4) is 0 Å². The minimum atomic E-state index is 0.880. The van der Waals surface area contributed by atoms with Crippen molar-refractivity contribution in [3.63, 3.8) is 0 Å². The van der Waals surface area contributed by atoms with Gasteiger partial charge in [0.15, 0.2) is 0 Å². The number of methoxy groups -OCH3 is 1. The maximum Gasteiger partial charge on any atom is 0.0465 e. The first kappa shape index (κ1) is 8.54. The van der Waals surface area contributed by atoms with Crippen LogP contribution in [-0.2, 0) is 4.74 Å². The third-order valence-corrected chi connectivity index (χ3v) is 1.89. The van der Waals surface area contributed by atoms with E-state index in [0.29, 0.717) is 0 Å². The van der Waals surface area contributed by atoms with Crippen LogP contribution >= 0.6 is 0 Å². The van der Waals surface area contributed by atoms with E-state index in [1.54, 1.807) is 7.11 Å². The highest BCUT2D eigenvalue weighted by atomic mass is 16.5. The summed E-state index contributed by atoms with van der Waals surface area (Å²) in [6, 6.07) is 0. The zero-order valence-corrected chi connectivity index (χ0v) is 7.18. The van der Waals surface area contributed by atoms with E-state index >= 15 is 0 Å². The van der Waals surface area contributed by atoms with Crippen molar-refractivity contribution in [1.29, 1.82) is 0 Å². The highest BCUT2D eigenvalue weighted by molar-refractivity contribution is 5.21. The molecule has 0 aromatic heterocycles. The van der Waals surface area contributed by atoms with Crippen molar-refractivity contribution < 1.29 is 4.74 Å². The molecule has 0 aliphatic heterocycles. The summed E-state index contributed by atoms with van der Waals surface area (Å²) in [6.07, 6.45) is 11.6. The minimum Gasteiger partial charge on any atom is -0.385 e. The zero-order valence-electron chi connectivity index (χ0n) is 7.18. The minimum absolute atomic E-state index is 0.880. The normalized spacial score (nSPS) is 16.6. The van der Waals surface area contributed by atoms with Gasteiger partial charge >= 0.3 is 0 Å². The van der Waals surface area contributed by atoms with Crippen molar-refractivity contribution >= 4 is 0 Å². The monoisotopic (exact) mass is 152 g/mol. The fourth-order valence-corrected chi connectivity index (χ4v) is 1.27. The molecule has 0 unspecified atom stereocenters. The smallest absolute Gasteiger partial charge is 0.0465 e. The molecule has 1 aliphatic carbocycles. The molecule has 0 amide bonds. The number of ether oxygens (including phenoxy) is 1. The summed E-state index contributed by atoms with van der Waals surface area (Å²) in [4.78, 5) is 0. The predicted octanol–water partition coefficient (Wildman–Crippen LogP) is 2.69. The summed E-state index contributed by atoms with van der Waals surface area (Å²) in [5, 5.41) is 0. The summed E-state index contributed by atoms with van der Waals surface area (Å²) in [7, 11) is 1.76. The molecule has 0 fully saturated rings. The summed E-state index contributed by atoms with van der Waals surface area (Å²) < 4.78 is 4.98. The van der Waals surface area contributed by atoms with Gasteiger partial charge in [0, 0.05) is 13.7 Å². The molecule has 1 rings (SSSR count). The topological polar surface area (TPSA) is 9.23 Å². The molecule has 0 heterocycles. The summed E-state index contributed by atoms with van der Waals surface area (Å²) >= 11 is 0. The first-order valence-electron chi connectivity index (χ1n) is 4.28. The average Bonchev–Trinajstić information content (AvgIpc) is 2.07. The Bertz CT molecular complexity index is 156. The standard InChI is InChI=1S/C10H16O/c1-11-9-5-8-10-6-3-2-4-7-10/h3,6-7H,2,4-5,8-9H2,1H3. The summed E-state index contributed by atoms with van der Waals surface area (Å²) in [5.41, 5.74) is 1.48. The molecule has 0 aromatic carbocycles. The molecule has 62 valence electrons. The third-order valence-electron chi connectivity index (χ3n) is 1.89. The Morgan fingerprint density at radius 3 is 3.00 bits per heavy atom. The van der Waals surface area contributed by atoms with Gasteiger partial charge in [0.2, 0.25) is 0 Å². The number of allylic oxidation sites excluding steroid dienone is 4. The van der Waals surface area contributed by atoms with Gasteiger partial charge in [-0.25, -0.2) is 0 Å². The Labute approximate surface area is 68.8 Å². The van der Waals surface area contributed by atoms with E-state index in [0.717, 1.165) is 13.0 Å². The van der Waals surface area contributed by atoms with E-state index in [9.17, 15) is 0 Å². The van der Waals surface area contributed by atoms with Gasteiger partial charge in [-0.1, -0.05) is 23.8 Å².